The van der Waals surface area contributed by atoms with Crippen molar-refractivity contribution in [3.05, 3.63) is 64.5 Å². The minimum absolute atomic E-state index is 0.0810. The molecule has 2 N–H and O–H groups in total. The smallest absolute Gasteiger partial charge is 0.236 e. The van der Waals surface area contributed by atoms with Gasteiger partial charge in [0.1, 0.15) is 0 Å². The molecule has 33 heavy (non-hydrogen) atoms. The van der Waals surface area contributed by atoms with Gasteiger partial charge in [-0.3, -0.25) is 19.5 Å². The van der Waals surface area contributed by atoms with Crippen LogP contribution in [0.25, 0.3) is 0 Å². The second-order valence-corrected chi connectivity index (χ2v) is 9.81. The van der Waals surface area contributed by atoms with E-state index < -0.39 is 0 Å². The summed E-state index contributed by atoms with van der Waals surface area (Å²) in [5, 5.41) is 0. The molecule has 6 nitrogen and oxygen atoms in total. The third-order valence-corrected chi connectivity index (χ3v) is 7.18. The molecular weight excluding hydrogens is 412 g/mol. The average Bonchev–Trinajstić information content (AvgIpc) is 2.81. The Balaban J connectivity index is 1.29. The van der Waals surface area contributed by atoms with Crippen LogP contribution < -0.4 is 5.73 Å². The lowest BCUT2D eigenvalue weighted by molar-refractivity contribution is -0.136. The highest BCUT2D eigenvalue weighted by molar-refractivity contribution is 5.80. The minimum Gasteiger partial charge on any atom is -0.369 e. The van der Waals surface area contributed by atoms with Gasteiger partial charge in [-0.1, -0.05) is 29.8 Å². The number of piperidine rings is 2. The monoisotopic (exact) mass is 448 g/mol. The van der Waals surface area contributed by atoms with Crippen LogP contribution in [-0.4, -0.2) is 59.3 Å². The summed E-state index contributed by atoms with van der Waals surface area (Å²) in [4.78, 5) is 33.1. The molecule has 3 heterocycles. The standard InChI is InChI=1S/C27H36N4O2/c1-19-3-5-21(6-4-19)16-22-15-20(2)29-25(17-22)23-7-11-30(12-8-23)18-26(32)31-13-9-24(10-14-31)27(28)33/h3-6,15,17,23-24H,7-14,16,18H2,1-2H3,(H2,28,33). The van der Waals surface area contributed by atoms with Gasteiger partial charge in [-0.2, -0.15) is 0 Å². The van der Waals surface area contributed by atoms with Gasteiger partial charge in [-0.15, -0.1) is 0 Å². The molecule has 0 radical (unpaired) electrons. The third-order valence-electron chi connectivity index (χ3n) is 7.18. The van der Waals surface area contributed by atoms with Crippen molar-refractivity contribution < 1.29 is 9.59 Å². The van der Waals surface area contributed by atoms with Crippen LogP contribution in [0, 0.1) is 19.8 Å². The molecule has 0 spiro atoms. The highest BCUT2D eigenvalue weighted by Gasteiger charge is 2.28. The molecule has 1 aromatic heterocycles. The summed E-state index contributed by atoms with van der Waals surface area (Å²) in [6, 6.07) is 13.2. The van der Waals surface area contributed by atoms with E-state index in [-0.39, 0.29) is 17.7 Å². The van der Waals surface area contributed by atoms with Crippen LogP contribution in [0.1, 0.15) is 59.7 Å². The van der Waals surface area contributed by atoms with Gasteiger partial charge in [0.05, 0.1) is 6.54 Å². The molecule has 0 unspecified atom stereocenters. The van der Waals surface area contributed by atoms with Crippen molar-refractivity contribution in [3.8, 4) is 0 Å². The first kappa shape index (κ1) is 23.4. The van der Waals surface area contributed by atoms with Gasteiger partial charge in [0.25, 0.3) is 0 Å². The summed E-state index contributed by atoms with van der Waals surface area (Å²) in [7, 11) is 0. The van der Waals surface area contributed by atoms with E-state index >= 15 is 0 Å². The largest absolute Gasteiger partial charge is 0.369 e. The van der Waals surface area contributed by atoms with Crippen molar-refractivity contribution in [3.63, 3.8) is 0 Å². The Morgan fingerprint density at radius 3 is 2.24 bits per heavy atom. The topological polar surface area (TPSA) is 79.5 Å². The number of primary amides is 1. The number of carbonyl (C=O) groups excluding carboxylic acids is 2. The van der Waals surface area contributed by atoms with E-state index in [2.05, 4.69) is 55.1 Å². The number of nitrogens with zero attached hydrogens (tertiary/aromatic N) is 3. The molecule has 2 aliphatic heterocycles. The highest BCUT2D eigenvalue weighted by Crippen LogP contribution is 2.28. The van der Waals surface area contributed by atoms with Gasteiger partial charge in [0.2, 0.25) is 11.8 Å². The molecule has 0 atom stereocenters. The molecular formula is C27H36N4O2. The Morgan fingerprint density at radius 1 is 0.939 bits per heavy atom. The molecule has 2 aromatic rings. The van der Waals surface area contributed by atoms with Crippen LogP contribution in [-0.2, 0) is 16.0 Å². The normalized spacial score (nSPS) is 18.4. The van der Waals surface area contributed by atoms with Gasteiger partial charge >= 0.3 is 0 Å². The number of pyridine rings is 1. The molecule has 0 bridgehead atoms. The van der Waals surface area contributed by atoms with E-state index in [1.165, 1.54) is 22.4 Å². The van der Waals surface area contributed by atoms with Gasteiger partial charge < -0.3 is 10.6 Å². The average molecular weight is 449 g/mol. The summed E-state index contributed by atoms with van der Waals surface area (Å²) in [6.45, 7) is 7.77. The summed E-state index contributed by atoms with van der Waals surface area (Å²) in [5.41, 5.74) is 11.6. The van der Waals surface area contributed by atoms with Crippen molar-refractivity contribution in [1.29, 1.82) is 0 Å². The Bertz CT molecular complexity index is 972. The van der Waals surface area contributed by atoms with E-state index in [1.54, 1.807) is 0 Å². The molecule has 176 valence electrons. The number of hydrogen-bond donors (Lipinski definition) is 1. The van der Waals surface area contributed by atoms with Gasteiger partial charge in [0, 0.05) is 36.3 Å². The maximum Gasteiger partial charge on any atom is 0.236 e. The molecule has 2 aliphatic rings. The number of carbonyl (C=O) groups is 2. The fourth-order valence-electron chi connectivity index (χ4n) is 5.11. The fourth-order valence-corrected chi connectivity index (χ4v) is 5.11. The first-order valence-electron chi connectivity index (χ1n) is 12.2. The molecule has 4 rings (SSSR count). The van der Waals surface area contributed by atoms with E-state index in [0.29, 0.717) is 38.4 Å². The van der Waals surface area contributed by atoms with Crippen molar-refractivity contribution in [2.24, 2.45) is 11.7 Å². The van der Waals surface area contributed by atoms with Crippen LogP contribution in [0.15, 0.2) is 36.4 Å². The lowest BCUT2D eigenvalue weighted by atomic mass is 9.91. The zero-order valence-electron chi connectivity index (χ0n) is 19.9. The minimum atomic E-state index is -0.240. The van der Waals surface area contributed by atoms with Crippen molar-refractivity contribution >= 4 is 11.8 Å². The second kappa shape index (κ2) is 10.5. The third kappa shape index (κ3) is 6.20. The van der Waals surface area contributed by atoms with Crippen molar-refractivity contribution in [2.45, 2.75) is 51.9 Å². The summed E-state index contributed by atoms with van der Waals surface area (Å²) in [6.07, 6.45) is 4.35. The van der Waals surface area contributed by atoms with Gasteiger partial charge in [-0.05, 0) is 82.3 Å². The first-order valence-corrected chi connectivity index (χ1v) is 12.2. The maximum atomic E-state index is 12.7. The quantitative estimate of drug-likeness (QED) is 0.736. The molecule has 1 aromatic carbocycles. The van der Waals surface area contributed by atoms with Crippen LogP contribution in [0.2, 0.25) is 0 Å². The van der Waals surface area contributed by atoms with Crippen molar-refractivity contribution in [1.82, 2.24) is 14.8 Å². The summed E-state index contributed by atoms with van der Waals surface area (Å²) < 4.78 is 0. The molecule has 2 saturated heterocycles. The number of benzene rings is 1. The van der Waals surface area contributed by atoms with Crippen molar-refractivity contribution in [2.75, 3.05) is 32.7 Å². The predicted octanol–water partition coefficient (Wildman–Crippen LogP) is 3.19. The number of aromatic nitrogens is 1. The molecule has 2 fully saturated rings. The fraction of sp³-hybridized carbons (Fsp3) is 0.519. The van der Waals surface area contributed by atoms with E-state index in [9.17, 15) is 9.59 Å². The second-order valence-electron chi connectivity index (χ2n) is 9.81. The molecule has 2 amide bonds. The first-order chi connectivity index (χ1) is 15.9. The Kier molecular flexibility index (Phi) is 7.43. The lowest BCUT2D eigenvalue weighted by Gasteiger charge is -2.35. The number of nitrogens with two attached hydrogens (primary N) is 1. The SMILES string of the molecule is Cc1ccc(Cc2cc(C)nc(C3CCN(CC(=O)N4CCC(C(N)=O)CC4)CC3)c2)cc1. The van der Waals surface area contributed by atoms with E-state index in [0.717, 1.165) is 38.0 Å². The number of amides is 2. The Hall–Kier alpha value is -2.73. The molecule has 0 aliphatic carbocycles. The Labute approximate surface area is 197 Å². The van der Waals surface area contributed by atoms with Gasteiger partial charge in [-0.25, -0.2) is 0 Å². The number of aryl methyl sites for hydroxylation is 2. The highest BCUT2D eigenvalue weighted by atomic mass is 16.2. The van der Waals surface area contributed by atoms with E-state index in [1.807, 2.05) is 4.90 Å². The Morgan fingerprint density at radius 2 is 1.61 bits per heavy atom. The summed E-state index contributed by atoms with van der Waals surface area (Å²) >= 11 is 0. The zero-order chi connectivity index (χ0) is 23.4. The van der Waals surface area contributed by atoms with Crippen LogP contribution >= 0.6 is 0 Å². The number of rotatable bonds is 6. The lowest BCUT2D eigenvalue weighted by Crippen LogP contribution is -2.47. The number of hydrogen-bond acceptors (Lipinski definition) is 4. The van der Waals surface area contributed by atoms with Crippen LogP contribution in [0.4, 0.5) is 0 Å². The molecule has 0 saturated carbocycles. The number of likely N-dealkylation sites (tertiary alicyclic amines) is 2. The predicted molar refractivity (Wildman–Crippen MR) is 130 cm³/mol. The molecule has 6 heteroatoms. The zero-order valence-corrected chi connectivity index (χ0v) is 19.9. The van der Waals surface area contributed by atoms with Crippen LogP contribution in [0.3, 0.4) is 0 Å². The van der Waals surface area contributed by atoms with Gasteiger partial charge in [0.15, 0.2) is 0 Å². The van der Waals surface area contributed by atoms with Crippen LogP contribution in [0.5, 0.6) is 0 Å². The maximum absolute atomic E-state index is 12.7. The van der Waals surface area contributed by atoms with E-state index in [4.69, 9.17) is 10.7 Å². The summed E-state index contributed by atoms with van der Waals surface area (Å²) in [5.74, 6) is 0.295.